The van der Waals surface area contributed by atoms with Crippen molar-refractivity contribution in [2.45, 2.75) is 72.6 Å². The van der Waals surface area contributed by atoms with E-state index in [-0.39, 0.29) is 0 Å². The van der Waals surface area contributed by atoms with Crippen LogP contribution in [0.3, 0.4) is 0 Å². The molecule has 1 aromatic heterocycles. The molecule has 0 radical (unpaired) electrons. The minimum absolute atomic E-state index is 0.838. The maximum atomic E-state index is 2.47. The second-order valence-electron chi connectivity index (χ2n) is 6.29. The van der Waals surface area contributed by atoms with E-state index < -0.39 is 0 Å². The van der Waals surface area contributed by atoms with Gasteiger partial charge < -0.3 is 0 Å². The summed E-state index contributed by atoms with van der Waals surface area (Å²) in [5, 5.41) is 2.21. The summed E-state index contributed by atoms with van der Waals surface area (Å²) in [4.78, 5) is 1.57. The van der Waals surface area contributed by atoms with Crippen molar-refractivity contribution in [2.75, 3.05) is 0 Å². The molecule has 3 unspecified atom stereocenters. The number of rotatable bonds is 10. The molecule has 1 aromatic rings. The van der Waals surface area contributed by atoms with Crippen molar-refractivity contribution in [2.24, 2.45) is 17.8 Å². The molecule has 1 rings (SSSR count). The van der Waals surface area contributed by atoms with Gasteiger partial charge in [0.15, 0.2) is 0 Å². The predicted octanol–water partition coefficient (Wildman–Crippen LogP) is 6.56. The lowest BCUT2D eigenvalue weighted by Crippen LogP contribution is -2.17. The first kappa shape index (κ1) is 16.8. The van der Waals surface area contributed by atoms with E-state index in [0.717, 1.165) is 17.8 Å². The summed E-state index contributed by atoms with van der Waals surface area (Å²) in [6.45, 7) is 9.54. The Hall–Kier alpha value is -0.300. The smallest absolute Gasteiger partial charge is 0.00479 e. The Bertz CT molecular complexity index is 302. The Labute approximate surface area is 124 Å². The molecule has 1 heteroatoms. The Balaban J connectivity index is 2.50. The predicted molar refractivity (Wildman–Crippen MR) is 88.9 cm³/mol. The van der Waals surface area contributed by atoms with Crippen molar-refractivity contribution in [3.05, 3.63) is 22.4 Å². The van der Waals surface area contributed by atoms with E-state index in [1.165, 1.54) is 44.9 Å². The normalized spacial score (nSPS) is 16.2. The third kappa shape index (κ3) is 6.61. The summed E-state index contributed by atoms with van der Waals surface area (Å²) < 4.78 is 0. The van der Waals surface area contributed by atoms with Gasteiger partial charge >= 0.3 is 0 Å². The maximum Gasteiger partial charge on any atom is 0.00479 e. The molecule has 19 heavy (non-hydrogen) atoms. The second kappa shape index (κ2) is 9.58. The lowest BCUT2D eigenvalue weighted by atomic mass is 9.80. The highest BCUT2D eigenvalue weighted by molar-refractivity contribution is 7.09. The van der Waals surface area contributed by atoms with Crippen LogP contribution in [0, 0.1) is 17.8 Å². The van der Waals surface area contributed by atoms with Crippen molar-refractivity contribution in [3.63, 3.8) is 0 Å². The third-order valence-electron chi connectivity index (χ3n) is 4.32. The molecule has 0 aromatic carbocycles. The van der Waals surface area contributed by atoms with Crippen LogP contribution in [-0.2, 0) is 6.42 Å². The first-order valence-corrected chi connectivity index (χ1v) is 9.07. The molecule has 0 aliphatic carbocycles. The van der Waals surface area contributed by atoms with E-state index in [2.05, 4.69) is 45.2 Å². The minimum atomic E-state index is 0.838. The summed E-state index contributed by atoms with van der Waals surface area (Å²) in [7, 11) is 0. The number of thiophene rings is 1. The number of hydrogen-bond donors (Lipinski definition) is 0. The SMILES string of the molecule is CCCCC(CC(C)CCC)C(C)Cc1cccs1. The lowest BCUT2D eigenvalue weighted by molar-refractivity contribution is 0.260. The molecule has 0 aliphatic heterocycles. The van der Waals surface area contributed by atoms with Gasteiger partial charge in [-0.25, -0.2) is 0 Å². The molecule has 110 valence electrons. The van der Waals surface area contributed by atoms with Gasteiger partial charge in [-0.1, -0.05) is 65.9 Å². The van der Waals surface area contributed by atoms with Gasteiger partial charge in [0.2, 0.25) is 0 Å². The van der Waals surface area contributed by atoms with E-state index in [4.69, 9.17) is 0 Å². The number of hydrogen-bond acceptors (Lipinski definition) is 1. The van der Waals surface area contributed by atoms with E-state index in [0.29, 0.717) is 0 Å². The van der Waals surface area contributed by atoms with E-state index in [9.17, 15) is 0 Å². The van der Waals surface area contributed by atoms with Crippen LogP contribution in [0.15, 0.2) is 17.5 Å². The Morgan fingerprint density at radius 3 is 2.47 bits per heavy atom. The van der Waals surface area contributed by atoms with Gasteiger partial charge in [-0.2, -0.15) is 0 Å². The quantitative estimate of drug-likeness (QED) is 0.455. The van der Waals surface area contributed by atoms with Gasteiger partial charge in [-0.05, 0) is 42.0 Å². The molecule has 1 heterocycles. The summed E-state index contributed by atoms with van der Waals surface area (Å²) in [5.41, 5.74) is 0. The van der Waals surface area contributed by atoms with Crippen LogP contribution in [0.4, 0.5) is 0 Å². The molecule has 0 fully saturated rings. The van der Waals surface area contributed by atoms with Gasteiger partial charge in [0.25, 0.3) is 0 Å². The van der Waals surface area contributed by atoms with Crippen molar-refractivity contribution in [1.29, 1.82) is 0 Å². The van der Waals surface area contributed by atoms with Crippen LogP contribution < -0.4 is 0 Å². The molecule has 0 nitrogen and oxygen atoms in total. The first-order valence-electron chi connectivity index (χ1n) is 8.19. The molecule has 0 aliphatic rings. The molecule has 0 saturated heterocycles. The summed E-state index contributed by atoms with van der Waals surface area (Å²) >= 11 is 1.92. The van der Waals surface area contributed by atoms with E-state index in [1.54, 1.807) is 4.88 Å². The van der Waals surface area contributed by atoms with Crippen molar-refractivity contribution in [1.82, 2.24) is 0 Å². The average molecular weight is 281 g/mol. The van der Waals surface area contributed by atoms with Gasteiger partial charge in [-0.3, -0.25) is 0 Å². The van der Waals surface area contributed by atoms with Crippen LogP contribution >= 0.6 is 11.3 Å². The Kier molecular flexibility index (Phi) is 8.45. The van der Waals surface area contributed by atoms with Crippen LogP contribution in [0.2, 0.25) is 0 Å². The van der Waals surface area contributed by atoms with E-state index in [1.807, 2.05) is 11.3 Å². The number of unbranched alkanes of at least 4 members (excludes halogenated alkanes) is 1. The summed E-state index contributed by atoms with van der Waals surface area (Å²) in [6, 6.07) is 4.49. The average Bonchev–Trinajstić information content (AvgIpc) is 2.87. The van der Waals surface area contributed by atoms with Crippen molar-refractivity contribution in [3.8, 4) is 0 Å². The van der Waals surface area contributed by atoms with Crippen molar-refractivity contribution < 1.29 is 0 Å². The monoisotopic (exact) mass is 280 g/mol. The lowest BCUT2D eigenvalue weighted by Gasteiger charge is -2.26. The zero-order valence-corrected chi connectivity index (χ0v) is 14.1. The molecule has 0 saturated carbocycles. The van der Waals surface area contributed by atoms with Crippen molar-refractivity contribution >= 4 is 11.3 Å². The molecule has 0 spiro atoms. The molecular formula is C18H32S. The van der Waals surface area contributed by atoms with Crippen LogP contribution in [0.25, 0.3) is 0 Å². The Morgan fingerprint density at radius 1 is 1.11 bits per heavy atom. The fourth-order valence-corrected chi connectivity index (χ4v) is 3.99. The van der Waals surface area contributed by atoms with Crippen LogP contribution in [0.5, 0.6) is 0 Å². The minimum Gasteiger partial charge on any atom is -0.149 e. The zero-order valence-electron chi connectivity index (χ0n) is 13.3. The summed E-state index contributed by atoms with van der Waals surface area (Å²) in [5.74, 6) is 2.66. The van der Waals surface area contributed by atoms with Gasteiger partial charge in [-0.15, -0.1) is 11.3 Å². The van der Waals surface area contributed by atoms with Gasteiger partial charge in [0.1, 0.15) is 0 Å². The largest absolute Gasteiger partial charge is 0.149 e. The van der Waals surface area contributed by atoms with Crippen LogP contribution in [-0.4, -0.2) is 0 Å². The topological polar surface area (TPSA) is 0 Å². The zero-order chi connectivity index (χ0) is 14.1. The molecule has 0 amide bonds. The second-order valence-corrected chi connectivity index (χ2v) is 7.32. The molecule has 0 bridgehead atoms. The highest BCUT2D eigenvalue weighted by Crippen LogP contribution is 2.30. The van der Waals surface area contributed by atoms with Gasteiger partial charge in [0.05, 0.1) is 0 Å². The fraction of sp³-hybridized carbons (Fsp3) is 0.778. The Morgan fingerprint density at radius 2 is 1.89 bits per heavy atom. The summed E-state index contributed by atoms with van der Waals surface area (Å²) in [6.07, 6.45) is 9.61. The fourth-order valence-electron chi connectivity index (χ4n) is 3.14. The third-order valence-corrected chi connectivity index (χ3v) is 5.22. The maximum absolute atomic E-state index is 2.47. The first-order chi connectivity index (χ1) is 9.17. The van der Waals surface area contributed by atoms with Crippen LogP contribution in [0.1, 0.15) is 71.1 Å². The van der Waals surface area contributed by atoms with E-state index >= 15 is 0 Å². The molecule has 3 atom stereocenters. The molecular weight excluding hydrogens is 248 g/mol. The highest BCUT2D eigenvalue weighted by atomic mass is 32.1. The standard InChI is InChI=1S/C18H32S/c1-5-7-10-17(13-15(3)9-6-2)16(4)14-18-11-8-12-19-18/h8,11-12,15-17H,5-7,9-10,13-14H2,1-4H3. The highest BCUT2D eigenvalue weighted by Gasteiger charge is 2.20. The van der Waals surface area contributed by atoms with Gasteiger partial charge in [0, 0.05) is 4.88 Å². The molecule has 0 N–H and O–H groups in total.